The number of oxime groups is 1. The Hall–Kier alpha value is -2.96. The molecule has 1 aliphatic rings. The van der Waals surface area contributed by atoms with Crippen LogP contribution in [0.4, 0.5) is 0 Å². The summed E-state index contributed by atoms with van der Waals surface area (Å²) in [6, 6.07) is 9.10. The average Bonchev–Trinajstić information content (AvgIpc) is 3.15. The van der Waals surface area contributed by atoms with Gasteiger partial charge in [0.2, 0.25) is 6.10 Å². The Bertz CT molecular complexity index is 873. The smallest absolute Gasteiger partial charge is 0.350 e. The second-order valence-electron chi connectivity index (χ2n) is 6.71. The Balaban J connectivity index is 1.77. The number of nitrogens with one attached hydrogen (secondary N) is 1. The number of benzene rings is 1. The van der Waals surface area contributed by atoms with Crippen LogP contribution < -0.4 is 5.32 Å². The fraction of sp³-hybridized carbons (Fsp3) is 0.400. The molecule has 2 aromatic rings. The van der Waals surface area contributed by atoms with Gasteiger partial charge in [-0.25, -0.2) is 4.79 Å². The quantitative estimate of drug-likeness (QED) is 0.791. The number of nitrogens with zero attached hydrogens (tertiary/aromatic N) is 2. The van der Waals surface area contributed by atoms with E-state index in [0.717, 1.165) is 10.8 Å². The van der Waals surface area contributed by atoms with Crippen LogP contribution in [0.3, 0.4) is 0 Å². The van der Waals surface area contributed by atoms with Crippen molar-refractivity contribution in [1.82, 2.24) is 10.3 Å². The van der Waals surface area contributed by atoms with Crippen molar-refractivity contribution in [3.63, 3.8) is 0 Å². The van der Waals surface area contributed by atoms with Crippen LogP contribution in [0.5, 0.6) is 0 Å². The fourth-order valence-electron chi connectivity index (χ4n) is 3.09. The van der Waals surface area contributed by atoms with Gasteiger partial charge in [-0.05, 0) is 24.3 Å². The van der Waals surface area contributed by atoms with Crippen molar-refractivity contribution in [2.24, 2.45) is 11.1 Å². The molecule has 2 heterocycles. The highest BCUT2D eigenvalue weighted by Gasteiger charge is 2.35. The highest BCUT2D eigenvalue weighted by atomic mass is 16.7. The summed E-state index contributed by atoms with van der Waals surface area (Å²) in [5, 5.41) is 8.76. The monoisotopic (exact) mass is 369 g/mol. The van der Waals surface area contributed by atoms with Crippen LogP contribution in [0.1, 0.15) is 37.7 Å². The molecule has 1 aliphatic heterocycles. The fourth-order valence-corrected chi connectivity index (χ4v) is 3.09. The number of amides is 1. The molecule has 1 amide bonds. The topological polar surface area (TPSA) is 89.9 Å². The van der Waals surface area contributed by atoms with Gasteiger partial charge < -0.3 is 14.9 Å². The third-order valence-corrected chi connectivity index (χ3v) is 4.44. The van der Waals surface area contributed by atoms with Crippen LogP contribution >= 0.6 is 0 Å². The van der Waals surface area contributed by atoms with E-state index in [4.69, 9.17) is 9.57 Å². The molecule has 0 radical (unpaired) electrons. The first-order valence-corrected chi connectivity index (χ1v) is 9.05. The molecule has 7 heteroatoms. The van der Waals surface area contributed by atoms with Crippen LogP contribution in [0.15, 0.2) is 41.7 Å². The minimum Gasteiger partial charge on any atom is -0.463 e. The first-order chi connectivity index (χ1) is 13.0. The molecule has 142 valence electrons. The van der Waals surface area contributed by atoms with E-state index in [1.807, 2.05) is 44.2 Å². The number of rotatable bonds is 6. The van der Waals surface area contributed by atoms with Crippen LogP contribution in [0, 0.1) is 5.92 Å². The SMILES string of the molecule is CCOC(=O)C1CC(C(NC(=O)c2nccc3ccccc23)C(C)C)=NO1. The summed E-state index contributed by atoms with van der Waals surface area (Å²) in [7, 11) is 0. The Morgan fingerprint density at radius 3 is 2.81 bits per heavy atom. The van der Waals surface area contributed by atoms with Crippen molar-refractivity contribution in [2.75, 3.05) is 6.61 Å². The highest BCUT2D eigenvalue weighted by Crippen LogP contribution is 2.20. The van der Waals surface area contributed by atoms with Crippen molar-refractivity contribution in [3.05, 3.63) is 42.2 Å². The van der Waals surface area contributed by atoms with E-state index in [-0.39, 0.29) is 24.5 Å². The van der Waals surface area contributed by atoms with Crippen molar-refractivity contribution < 1.29 is 19.2 Å². The highest BCUT2D eigenvalue weighted by molar-refractivity contribution is 6.07. The summed E-state index contributed by atoms with van der Waals surface area (Å²) in [4.78, 5) is 34.2. The number of aromatic nitrogens is 1. The Labute approximate surface area is 157 Å². The standard InChI is InChI=1S/C20H23N3O4/c1-4-26-20(25)16-11-15(23-27-16)17(12(2)3)22-19(24)18-14-8-6-5-7-13(14)9-10-21-18/h5-10,12,16-17H,4,11H2,1-3H3,(H,22,24). The van der Waals surface area contributed by atoms with Gasteiger partial charge in [-0.3, -0.25) is 9.78 Å². The predicted molar refractivity (Wildman–Crippen MR) is 101 cm³/mol. The molecule has 0 spiro atoms. The molecule has 1 aromatic heterocycles. The van der Waals surface area contributed by atoms with Crippen molar-refractivity contribution >= 4 is 28.4 Å². The number of fused-ring (bicyclic) bond motifs is 1. The molecule has 2 unspecified atom stereocenters. The molecule has 27 heavy (non-hydrogen) atoms. The lowest BCUT2D eigenvalue weighted by Crippen LogP contribution is -2.44. The maximum atomic E-state index is 12.9. The number of ether oxygens (including phenoxy) is 1. The molecular formula is C20H23N3O4. The van der Waals surface area contributed by atoms with E-state index < -0.39 is 12.1 Å². The number of hydrogen-bond acceptors (Lipinski definition) is 6. The largest absolute Gasteiger partial charge is 0.463 e. The number of carbonyl (C=O) groups is 2. The van der Waals surface area contributed by atoms with Crippen LogP contribution in [0.25, 0.3) is 10.8 Å². The second-order valence-corrected chi connectivity index (χ2v) is 6.71. The van der Waals surface area contributed by atoms with Gasteiger partial charge in [0.05, 0.1) is 18.4 Å². The van der Waals surface area contributed by atoms with Crippen LogP contribution in [-0.4, -0.2) is 41.3 Å². The molecule has 0 saturated heterocycles. The lowest BCUT2D eigenvalue weighted by Gasteiger charge is -2.21. The van der Waals surface area contributed by atoms with E-state index in [2.05, 4.69) is 15.5 Å². The molecule has 0 bridgehead atoms. The Kier molecular flexibility index (Phi) is 5.69. The summed E-state index contributed by atoms with van der Waals surface area (Å²) in [5.74, 6) is -0.666. The van der Waals surface area contributed by atoms with Crippen molar-refractivity contribution in [2.45, 2.75) is 39.3 Å². The van der Waals surface area contributed by atoms with Crippen LogP contribution in [0.2, 0.25) is 0 Å². The number of pyridine rings is 1. The molecule has 1 aromatic carbocycles. The maximum Gasteiger partial charge on any atom is 0.350 e. The zero-order chi connectivity index (χ0) is 19.4. The first-order valence-electron chi connectivity index (χ1n) is 9.05. The van der Waals surface area contributed by atoms with E-state index in [1.54, 1.807) is 13.1 Å². The van der Waals surface area contributed by atoms with Gasteiger partial charge >= 0.3 is 5.97 Å². The lowest BCUT2D eigenvalue weighted by molar-refractivity contribution is -0.154. The van der Waals surface area contributed by atoms with Gasteiger partial charge in [0.15, 0.2) is 0 Å². The van der Waals surface area contributed by atoms with Gasteiger partial charge in [-0.2, -0.15) is 0 Å². The van der Waals surface area contributed by atoms with Gasteiger partial charge in [-0.1, -0.05) is 43.3 Å². The zero-order valence-electron chi connectivity index (χ0n) is 15.6. The minimum absolute atomic E-state index is 0.0622. The first kappa shape index (κ1) is 18.8. The molecule has 1 N–H and O–H groups in total. The normalized spacial score (nSPS) is 17.3. The minimum atomic E-state index is -0.756. The van der Waals surface area contributed by atoms with Gasteiger partial charge in [-0.15, -0.1) is 0 Å². The zero-order valence-corrected chi connectivity index (χ0v) is 15.6. The molecule has 7 nitrogen and oxygen atoms in total. The molecular weight excluding hydrogens is 346 g/mol. The van der Waals surface area contributed by atoms with Gasteiger partial charge in [0.1, 0.15) is 5.69 Å². The number of hydrogen-bond donors (Lipinski definition) is 1. The van der Waals surface area contributed by atoms with E-state index in [0.29, 0.717) is 17.8 Å². The molecule has 0 saturated carbocycles. The molecule has 3 rings (SSSR count). The van der Waals surface area contributed by atoms with E-state index in [9.17, 15) is 9.59 Å². The summed E-state index contributed by atoms with van der Waals surface area (Å²) in [6.07, 6.45) is 1.16. The van der Waals surface area contributed by atoms with Crippen molar-refractivity contribution in [3.8, 4) is 0 Å². The third-order valence-electron chi connectivity index (χ3n) is 4.44. The number of carbonyl (C=O) groups excluding carboxylic acids is 2. The van der Waals surface area contributed by atoms with E-state index in [1.165, 1.54) is 0 Å². The summed E-state index contributed by atoms with van der Waals surface area (Å²) in [5.41, 5.74) is 0.983. The Morgan fingerprint density at radius 2 is 2.07 bits per heavy atom. The average molecular weight is 369 g/mol. The predicted octanol–water partition coefficient (Wildman–Crippen LogP) is 2.70. The molecule has 2 atom stereocenters. The second kappa shape index (κ2) is 8.16. The third kappa shape index (κ3) is 4.07. The molecule has 0 fully saturated rings. The Morgan fingerprint density at radius 1 is 1.30 bits per heavy atom. The lowest BCUT2D eigenvalue weighted by atomic mass is 9.95. The number of esters is 1. The summed E-state index contributed by atoms with van der Waals surface area (Å²) < 4.78 is 4.98. The van der Waals surface area contributed by atoms with Gasteiger partial charge in [0, 0.05) is 18.0 Å². The maximum absolute atomic E-state index is 12.9. The summed E-state index contributed by atoms with van der Waals surface area (Å²) >= 11 is 0. The van der Waals surface area contributed by atoms with Gasteiger partial charge in [0.25, 0.3) is 5.91 Å². The van der Waals surface area contributed by atoms with Crippen molar-refractivity contribution in [1.29, 1.82) is 0 Å². The van der Waals surface area contributed by atoms with E-state index >= 15 is 0 Å². The molecule has 0 aliphatic carbocycles. The summed E-state index contributed by atoms with van der Waals surface area (Å²) in [6.45, 7) is 5.97. The van der Waals surface area contributed by atoms with Crippen LogP contribution in [-0.2, 0) is 14.4 Å².